The number of hydrogen-bond acceptors (Lipinski definition) is 4. The summed E-state index contributed by atoms with van der Waals surface area (Å²) in [7, 11) is 0. The number of benzene rings is 1. The average Bonchev–Trinajstić information content (AvgIpc) is 2.86. The summed E-state index contributed by atoms with van der Waals surface area (Å²) in [6.07, 6.45) is 14.0. The number of rotatable bonds is 6. The van der Waals surface area contributed by atoms with Crippen LogP contribution < -0.4 is 0 Å². The van der Waals surface area contributed by atoms with E-state index in [0.29, 0.717) is 24.2 Å². The molecule has 1 aromatic heterocycles. The molecule has 0 saturated heterocycles. The van der Waals surface area contributed by atoms with Gasteiger partial charge in [0, 0.05) is 48.5 Å². The Morgan fingerprint density at radius 2 is 2.03 bits per heavy atom. The Hall–Kier alpha value is -2.24. The molecule has 2 heterocycles. The Morgan fingerprint density at radius 1 is 1.26 bits per heavy atom. The molecule has 1 aromatic carbocycles. The Bertz CT molecular complexity index is 1030. The van der Waals surface area contributed by atoms with E-state index in [-0.39, 0.29) is 18.4 Å². The second kappa shape index (κ2) is 13.0. The first-order valence-corrected chi connectivity index (χ1v) is 13.1. The van der Waals surface area contributed by atoms with Gasteiger partial charge in [-0.15, -0.1) is 0 Å². The molecule has 1 saturated carbocycles. The van der Waals surface area contributed by atoms with E-state index in [0.717, 1.165) is 53.3 Å². The van der Waals surface area contributed by atoms with E-state index in [1.54, 1.807) is 12.4 Å². The van der Waals surface area contributed by atoms with Gasteiger partial charge in [0.2, 0.25) is 0 Å². The molecule has 2 aliphatic rings. The normalized spacial score (nSPS) is 19.3. The lowest BCUT2D eigenvalue weighted by Crippen LogP contribution is -2.47. The van der Waals surface area contributed by atoms with Gasteiger partial charge in [0.25, 0.3) is 5.91 Å². The van der Waals surface area contributed by atoms with Gasteiger partial charge in [0.15, 0.2) is 0 Å². The van der Waals surface area contributed by atoms with Crippen LogP contribution in [0, 0.1) is 6.92 Å². The summed E-state index contributed by atoms with van der Waals surface area (Å²) in [4.78, 5) is 23.9. The largest absolute Gasteiger partial charge is 0.396 e. The maximum absolute atomic E-state index is 13.3. The lowest BCUT2D eigenvalue weighted by Gasteiger charge is -2.41. The van der Waals surface area contributed by atoms with Crippen molar-refractivity contribution >= 4 is 34.6 Å². The second-order valence-corrected chi connectivity index (χ2v) is 9.56. The fraction of sp³-hybridized carbons (Fsp3) is 0.536. The smallest absolute Gasteiger partial charge is 0.254 e. The molecule has 34 heavy (non-hydrogen) atoms. The number of carbonyl (C=O) groups is 1. The third-order valence-corrected chi connectivity index (χ3v) is 6.97. The minimum Gasteiger partial charge on any atom is -0.396 e. The van der Waals surface area contributed by atoms with Gasteiger partial charge < -0.3 is 10.0 Å². The van der Waals surface area contributed by atoms with Gasteiger partial charge >= 0.3 is 0 Å². The van der Waals surface area contributed by atoms with Crippen molar-refractivity contribution in [2.75, 3.05) is 13.2 Å². The number of aryl methyl sites for hydroxylation is 1. The highest BCUT2D eigenvalue weighted by atomic mass is 35.5. The zero-order valence-corrected chi connectivity index (χ0v) is 21.5. The molecule has 0 bridgehead atoms. The fourth-order valence-electron chi connectivity index (χ4n) is 5.09. The van der Waals surface area contributed by atoms with Crippen LogP contribution in [0.1, 0.15) is 92.6 Å². The topological polar surface area (TPSA) is 65.8 Å². The third kappa shape index (κ3) is 6.25. The maximum Gasteiger partial charge on any atom is 0.254 e. The Balaban J connectivity index is 0.000000309. The molecule has 184 valence electrons. The number of allylic oxidation sites excluding steroid dienone is 1. The third-order valence-electron chi connectivity index (χ3n) is 6.72. The molecule has 1 aliphatic carbocycles. The summed E-state index contributed by atoms with van der Waals surface area (Å²) >= 11 is 5.62. The minimum atomic E-state index is 0.138. The molecule has 2 aromatic rings. The first-order valence-electron chi connectivity index (χ1n) is 12.7. The molecule has 1 amide bonds. The first-order chi connectivity index (χ1) is 16.5. The van der Waals surface area contributed by atoms with Crippen LogP contribution in [0.5, 0.6) is 0 Å². The first kappa shape index (κ1) is 26.4. The summed E-state index contributed by atoms with van der Waals surface area (Å²) in [5, 5.41) is 11.3. The molecule has 1 aliphatic heterocycles. The van der Waals surface area contributed by atoms with Crippen LogP contribution in [0.4, 0.5) is 0 Å². The molecule has 6 heteroatoms. The predicted molar refractivity (Wildman–Crippen MR) is 142 cm³/mol. The van der Waals surface area contributed by atoms with E-state index in [1.165, 1.54) is 19.3 Å². The van der Waals surface area contributed by atoms with E-state index in [1.807, 2.05) is 32.1 Å². The number of aliphatic hydroxyl groups is 1. The number of carbonyl (C=O) groups excluding carboxylic acids is 1. The fourth-order valence-corrected chi connectivity index (χ4v) is 5.32. The second-order valence-electron chi connectivity index (χ2n) is 9.17. The molecule has 1 fully saturated rings. The van der Waals surface area contributed by atoms with E-state index in [9.17, 15) is 9.90 Å². The zero-order chi connectivity index (χ0) is 24.5. The average molecular weight is 484 g/mol. The molecule has 0 radical (unpaired) electrons. The number of aliphatic hydroxyl groups excluding tert-OH is 1. The highest BCUT2D eigenvalue weighted by Gasteiger charge is 2.37. The van der Waals surface area contributed by atoms with Crippen molar-refractivity contribution in [2.24, 2.45) is 4.99 Å². The van der Waals surface area contributed by atoms with E-state index >= 15 is 0 Å². The minimum absolute atomic E-state index is 0.138. The lowest BCUT2D eigenvalue weighted by atomic mass is 9.82. The van der Waals surface area contributed by atoms with Gasteiger partial charge in [-0.3, -0.25) is 9.78 Å². The van der Waals surface area contributed by atoms with Crippen molar-refractivity contribution in [2.45, 2.75) is 84.1 Å². The van der Waals surface area contributed by atoms with Crippen molar-refractivity contribution in [3.63, 3.8) is 0 Å². The van der Waals surface area contributed by atoms with Gasteiger partial charge in [-0.2, -0.15) is 0 Å². The highest BCUT2D eigenvalue weighted by Crippen LogP contribution is 2.39. The quantitative estimate of drug-likeness (QED) is 0.364. The summed E-state index contributed by atoms with van der Waals surface area (Å²) in [5.41, 5.74) is 3.89. The van der Waals surface area contributed by atoms with E-state index in [4.69, 9.17) is 11.6 Å². The maximum atomic E-state index is 13.3. The van der Waals surface area contributed by atoms with Crippen LogP contribution in [0.25, 0.3) is 10.9 Å². The van der Waals surface area contributed by atoms with E-state index < -0.39 is 0 Å². The molecule has 5 nitrogen and oxygen atoms in total. The molecular formula is C28H38ClN3O2. The number of aliphatic imine (C=N–C) groups is 1. The van der Waals surface area contributed by atoms with Crippen molar-refractivity contribution in [1.29, 1.82) is 0 Å². The van der Waals surface area contributed by atoms with Gasteiger partial charge in [-0.05, 0) is 68.4 Å². The van der Waals surface area contributed by atoms with Crippen molar-refractivity contribution in [1.82, 2.24) is 9.88 Å². The molecule has 1 atom stereocenters. The van der Waals surface area contributed by atoms with Crippen LogP contribution in [0.3, 0.4) is 0 Å². The van der Waals surface area contributed by atoms with Gasteiger partial charge in [0.05, 0.1) is 5.52 Å². The molecule has 4 rings (SSSR count). The summed E-state index contributed by atoms with van der Waals surface area (Å²) in [6, 6.07) is 6.42. The number of hydrogen-bond donors (Lipinski definition) is 1. The van der Waals surface area contributed by atoms with Crippen LogP contribution in [-0.2, 0) is 0 Å². The van der Waals surface area contributed by atoms with Gasteiger partial charge in [-0.1, -0.05) is 50.8 Å². The van der Waals surface area contributed by atoms with Crippen LogP contribution in [0.15, 0.2) is 40.6 Å². The number of aromatic nitrogens is 1. The SMILES string of the molecule is CC/C=N\C(Cl)=C/CC.Cc1cc2c(c3ncccc13)C(CCO)CN(C1CCCCC1)C2=O. The number of fused-ring (bicyclic) bond motifs is 3. The van der Waals surface area contributed by atoms with Gasteiger partial charge in [0.1, 0.15) is 5.16 Å². The summed E-state index contributed by atoms with van der Waals surface area (Å²) in [6.45, 7) is 6.96. The zero-order valence-electron chi connectivity index (χ0n) is 20.8. The predicted octanol–water partition coefficient (Wildman–Crippen LogP) is 6.76. The number of pyridine rings is 1. The Morgan fingerprint density at radius 3 is 2.71 bits per heavy atom. The number of halogens is 1. The van der Waals surface area contributed by atoms with Crippen LogP contribution in [0.2, 0.25) is 0 Å². The summed E-state index contributed by atoms with van der Waals surface area (Å²) in [5.74, 6) is 0.323. The van der Waals surface area contributed by atoms with Crippen LogP contribution >= 0.6 is 11.6 Å². The van der Waals surface area contributed by atoms with Gasteiger partial charge in [-0.25, -0.2) is 4.99 Å². The Labute approximate surface area is 208 Å². The van der Waals surface area contributed by atoms with Crippen molar-refractivity contribution in [3.8, 4) is 0 Å². The Kier molecular flexibility index (Phi) is 10.1. The van der Waals surface area contributed by atoms with Crippen molar-refractivity contribution < 1.29 is 9.90 Å². The number of amides is 1. The monoisotopic (exact) mass is 483 g/mol. The molecule has 1 unspecified atom stereocenters. The lowest BCUT2D eigenvalue weighted by molar-refractivity contribution is 0.0578. The molecule has 1 N–H and O–H groups in total. The van der Waals surface area contributed by atoms with Crippen LogP contribution in [-0.4, -0.2) is 46.3 Å². The standard InChI is InChI=1S/C21H26N2O2.C7H12ClN/c1-14-12-18-19(20-17(14)8-5-10-22-20)15(9-11-24)13-23(21(18)25)16-6-3-2-4-7-16;1-3-5-7(8)9-6-4-2/h5,8,10,12,15-16,24H,2-4,6-7,9,11,13H2,1H3;5-6H,3-4H2,1-2H3/b;7-5-,9-6-. The summed E-state index contributed by atoms with van der Waals surface area (Å²) < 4.78 is 0. The highest BCUT2D eigenvalue weighted by molar-refractivity contribution is 6.29. The van der Waals surface area contributed by atoms with Crippen molar-refractivity contribution in [3.05, 3.63) is 52.3 Å². The number of nitrogens with zero attached hydrogens (tertiary/aromatic N) is 3. The molecule has 0 spiro atoms. The molecular weight excluding hydrogens is 446 g/mol. The van der Waals surface area contributed by atoms with E-state index in [2.05, 4.69) is 27.9 Å².